The molecule has 1 aromatic heterocycles. The fourth-order valence-corrected chi connectivity index (χ4v) is 2.33. The highest BCUT2D eigenvalue weighted by Crippen LogP contribution is 2.32. The number of nitrogens with zero attached hydrogens (tertiary/aromatic N) is 1. The van der Waals surface area contributed by atoms with Gasteiger partial charge in [0.25, 0.3) is 5.91 Å². The molecular formula is C17H27N3O. The molecule has 2 rings (SSSR count). The Morgan fingerprint density at radius 1 is 1.33 bits per heavy atom. The third-order valence-corrected chi connectivity index (χ3v) is 3.94. The van der Waals surface area contributed by atoms with E-state index in [0.29, 0.717) is 17.4 Å². The van der Waals surface area contributed by atoms with E-state index in [2.05, 4.69) is 43.3 Å². The number of hydrogen-bond donors (Lipinski definition) is 2. The lowest BCUT2D eigenvalue weighted by molar-refractivity contribution is 0.0935. The fraction of sp³-hybridized carbons (Fsp3) is 0.647. The molecule has 0 aliphatic heterocycles. The second kappa shape index (κ2) is 6.92. The summed E-state index contributed by atoms with van der Waals surface area (Å²) >= 11 is 0. The minimum Gasteiger partial charge on any atom is -0.370 e. The molecular weight excluding hydrogens is 262 g/mol. The Morgan fingerprint density at radius 3 is 2.62 bits per heavy atom. The van der Waals surface area contributed by atoms with Crippen LogP contribution in [0.4, 0.5) is 5.82 Å². The highest BCUT2D eigenvalue weighted by molar-refractivity contribution is 5.95. The minimum absolute atomic E-state index is 0.0123. The van der Waals surface area contributed by atoms with E-state index in [9.17, 15) is 4.79 Å². The van der Waals surface area contributed by atoms with Crippen LogP contribution in [0.2, 0.25) is 0 Å². The molecule has 21 heavy (non-hydrogen) atoms. The predicted molar refractivity (Wildman–Crippen MR) is 86.8 cm³/mol. The van der Waals surface area contributed by atoms with Crippen LogP contribution in [0.25, 0.3) is 0 Å². The summed E-state index contributed by atoms with van der Waals surface area (Å²) in [6, 6.07) is 4.04. The van der Waals surface area contributed by atoms with Gasteiger partial charge >= 0.3 is 0 Å². The minimum atomic E-state index is 0.0123. The summed E-state index contributed by atoms with van der Waals surface area (Å²) in [7, 11) is 0. The van der Waals surface area contributed by atoms with Gasteiger partial charge in [-0.3, -0.25) is 4.79 Å². The maximum atomic E-state index is 12.4. The van der Waals surface area contributed by atoms with E-state index >= 15 is 0 Å². The van der Waals surface area contributed by atoms with Crippen LogP contribution >= 0.6 is 0 Å². The number of pyridine rings is 1. The normalized spacial score (nSPS) is 15.9. The SMILES string of the molecule is CCCNc1cc(C(=O)NC(C)C2CC2)cc(C(C)C)n1. The van der Waals surface area contributed by atoms with Gasteiger partial charge in [-0.15, -0.1) is 0 Å². The van der Waals surface area contributed by atoms with Gasteiger partial charge in [0.15, 0.2) is 0 Å². The average molecular weight is 289 g/mol. The van der Waals surface area contributed by atoms with Crippen molar-refractivity contribution in [3.8, 4) is 0 Å². The van der Waals surface area contributed by atoms with E-state index < -0.39 is 0 Å². The lowest BCUT2D eigenvalue weighted by Crippen LogP contribution is -2.34. The van der Waals surface area contributed by atoms with Crippen molar-refractivity contribution in [3.05, 3.63) is 23.4 Å². The van der Waals surface area contributed by atoms with E-state index in [1.807, 2.05) is 12.1 Å². The molecule has 1 fully saturated rings. The highest BCUT2D eigenvalue weighted by Gasteiger charge is 2.29. The summed E-state index contributed by atoms with van der Waals surface area (Å²) in [5, 5.41) is 6.40. The maximum Gasteiger partial charge on any atom is 0.251 e. The van der Waals surface area contributed by atoms with Crippen molar-refractivity contribution in [2.24, 2.45) is 5.92 Å². The molecule has 4 nitrogen and oxygen atoms in total. The number of rotatable bonds is 7. The fourth-order valence-electron chi connectivity index (χ4n) is 2.33. The average Bonchev–Trinajstić information content (AvgIpc) is 3.29. The van der Waals surface area contributed by atoms with Crippen LogP contribution in [0.15, 0.2) is 12.1 Å². The van der Waals surface area contributed by atoms with Crippen LogP contribution in [-0.4, -0.2) is 23.5 Å². The van der Waals surface area contributed by atoms with Gasteiger partial charge < -0.3 is 10.6 Å². The molecule has 1 amide bonds. The van der Waals surface area contributed by atoms with Crippen molar-refractivity contribution in [1.29, 1.82) is 0 Å². The van der Waals surface area contributed by atoms with Gasteiger partial charge in [0, 0.05) is 23.8 Å². The summed E-state index contributed by atoms with van der Waals surface area (Å²) in [5.41, 5.74) is 1.67. The van der Waals surface area contributed by atoms with Crippen molar-refractivity contribution < 1.29 is 4.79 Å². The second-order valence-corrected chi connectivity index (χ2v) is 6.35. The molecule has 1 unspecified atom stereocenters. The molecule has 4 heteroatoms. The molecule has 0 aromatic carbocycles. The lowest BCUT2D eigenvalue weighted by atomic mass is 10.1. The summed E-state index contributed by atoms with van der Waals surface area (Å²) in [4.78, 5) is 17.0. The van der Waals surface area contributed by atoms with E-state index in [1.165, 1.54) is 12.8 Å². The largest absolute Gasteiger partial charge is 0.370 e. The molecule has 0 spiro atoms. The molecule has 1 heterocycles. The molecule has 1 aromatic rings. The van der Waals surface area contributed by atoms with Crippen LogP contribution < -0.4 is 10.6 Å². The molecule has 116 valence electrons. The monoisotopic (exact) mass is 289 g/mol. The van der Waals surface area contributed by atoms with Crippen LogP contribution in [0.5, 0.6) is 0 Å². The van der Waals surface area contributed by atoms with Crippen molar-refractivity contribution in [3.63, 3.8) is 0 Å². The van der Waals surface area contributed by atoms with Crippen LogP contribution in [-0.2, 0) is 0 Å². The number of anilines is 1. The van der Waals surface area contributed by atoms with Gasteiger partial charge in [-0.25, -0.2) is 4.98 Å². The van der Waals surface area contributed by atoms with Crippen molar-refractivity contribution in [1.82, 2.24) is 10.3 Å². The maximum absolute atomic E-state index is 12.4. The van der Waals surface area contributed by atoms with E-state index in [-0.39, 0.29) is 11.9 Å². The summed E-state index contributed by atoms with van der Waals surface area (Å²) in [6.45, 7) is 9.27. The first-order valence-electron chi connectivity index (χ1n) is 8.08. The van der Waals surface area contributed by atoms with Crippen LogP contribution in [0, 0.1) is 5.92 Å². The first-order valence-corrected chi connectivity index (χ1v) is 8.08. The van der Waals surface area contributed by atoms with Gasteiger partial charge in [-0.05, 0) is 50.2 Å². The zero-order chi connectivity index (χ0) is 15.4. The number of nitrogens with one attached hydrogen (secondary N) is 2. The Morgan fingerprint density at radius 2 is 2.05 bits per heavy atom. The molecule has 1 aliphatic carbocycles. The molecule has 2 N–H and O–H groups in total. The highest BCUT2D eigenvalue weighted by atomic mass is 16.1. The zero-order valence-corrected chi connectivity index (χ0v) is 13.6. The number of carbonyl (C=O) groups excluding carboxylic acids is 1. The van der Waals surface area contributed by atoms with Gasteiger partial charge in [0.05, 0.1) is 0 Å². The van der Waals surface area contributed by atoms with Gasteiger partial charge in [0.1, 0.15) is 5.82 Å². The Balaban J connectivity index is 2.15. The summed E-state index contributed by atoms with van der Waals surface area (Å²) in [5.74, 6) is 1.78. The number of carbonyl (C=O) groups is 1. The van der Waals surface area contributed by atoms with Crippen LogP contribution in [0.3, 0.4) is 0 Å². The second-order valence-electron chi connectivity index (χ2n) is 6.35. The first-order chi connectivity index (χ1) is 10.0. The zero-order valence-electron chi connectivity index (χ0n) is 13.6. The van der Waals surface area contributed by atoms with Crippen LogP contribution in [0.1, 0.15) is 68.9 Å². The number of aromatic nitrogens is 1. The van der Waals surface area contributed by atoms with Gasteiger partial charge in [-0.1, -0.05) is 20.8 Å². The molecule has 1 aliphatic rings. The summed E-state index contributed by atoms with van der Waals surface area (Å²) < 4.78 is 0. The Labute approximate surface area is 127 Å². The predicted octanol–water partition coefficient (Wildman–Crippen LogP) is 3.56. The molecule has 1 atom stereocenters. The van der Waals surface area contributed by atoms with Crippen molar-refractivity contribution in [2.45, 2.75) is 58.9 Å². The molecule has 0 bridgehead atoms. The topological polar surface area (TPSA) is 54.0 Å². The standard InChI is InChI=1S/C17H27N3O/c1-5-8-18-16-10-14(9-15(20-16)11(2)3)17(21)19-12(4)13-6-7-13/h9-13H,5-8H2,1-4H3,(H,18,20)(H,19,21). The van der Waals surface area contributed by atoms with Crippen molar-refractivity contribution >= 4 is 11.7 Å². The first kappa shape index (κ1) is 15.8. The van der Waals surface area contributed by atoms with Crippen molar-refractivity contribution in [2.75, 3.05) is 11.9 Å². The lowest BCUT2D eigenvalue weighted by Gasteiger charge is -2.15. The number of hydrogen-bond acceptors (Lipinski definition) is 3. The molecule has 1 saturated carbocycles. The van der Waals surface area contributed by atoms with E-state index in [4.69, 9.17) is 0 Å². The summed E-state index contributed by atoms with van der Waals surface area (Å²) in [6.07, 6.45) is 3.50. The van der Waals surface area contributed by atoms with E-state index in [1.54, 1.807) is 0 Å². The molecule has 0 saturated heterocycles. The smallest absolute Gasteiger partial charge is 0.251 e. The number of amides is 1. The Kier molecular flexibility index (Phi) is 5.21. The third-order valence-electron chi connectivity index (χ3n) is 3.94. The van der Waals surface area contributed by atoms with Gasteiger partial charge in [-0.2, -0.15) is 0 Å². The Hall–Kier alpha value is -1.58. The van der Waals surface area contributed by atoms with E-state index in [0.717, 1.165) is 24.5 Å². The third kappa shape index (κ3) is 4.45. The molecule has 0 radical (unpaired) electrons. The quantitative estimate of drug-likeness (QED) is 0.807. The van der Waals surface area contributed by atoms with Gasteiger partial charge in [0.2, 0.25) is 0 Å². The Bertz CT molecular complexity index is 495.